The predicted molar refractivity (Wildman–Crippen MR) is 110 cm³/mol. The molecular weight excluding hydrogens is 369 g/mol. The Balaban J connectivity index is 1.43. The number of carbonyl (C=O) groups is 1. The van der Waals surface area contributed by atoms with Crippen LogP contribution in [-0.2, 0) is 5.41 Å². The number of aryl methyl sites for hydroxylation is 1. The maximum Gasteiger partial charge on any atom is 0.254 e. The van der Waals surface area contributed by atoms with E-state index in [0.717, 1.165) is 31.4 Å². The van der Waals surface area contributed by atoms with Crippen molar-refractivity contribution >= 4 is 5.91 Å². The summed E-state index contributed by atoms with van der Waals surface area (Å²) in [5.41, 5.74) is 1.92. The van der Waals surface area contributed by atoms with Crippen molar-refractivity contribution in [1.29, 1.82) is 0 Å². The van der Waals surface area contributed by atoms with Gasteiger partial charge in [0.05, 0.1) is 5.60 Å². The number of halogens is 1. The van der Waals surface area contributed by atoms with Crippen LogP contribution in [0.5, 0.6) is 5.75 Å². The molecule has 154 valence electrons. The zero-order valence-electron chi connectivity index (χ0n) is 17.2. The second-order valence-electron chi connectivity index (χ2n) is 9.18. The standard InChI is InChI=1S/C24H28FNO3/c1-16-12-17(4-9-21(16)29-15-23(2,3)28)22(27)26-11-10-24(13-20(26)14-24)18-5-7-19(25)8-6-18/h4-9,12,20,28H,10-11,13-15H2,1-3H3. The first-order valence-corrected chi connectivity index (χ1v) is 10.2. The zero-order valence-corrected chi connectivity index (χ0v) is 17.2. The normalized spacial score (nSPS) is 23.5. The predicted octanol–water partition coefficient (Wildman–Crippen LogP) is 4.23. The van der Waals surface area contributed by atoms with Crippen LogP contribution in [0.15, 0.2) is 42.5 Å². The minimum atomic E-state index is -0.907. The highest BCUT2D eigenvalue weighted by Crippen LogP contribution is 2.52. The molecule has 2 heterocycles. The van der Waals surface area contributed by atoms with Crippen LogP contribution in [0.3, 0.4) is 0 Å². The Morgan fingerprint density at radius 3 is 2.48 bits per heavy atom. The first-order chi connectivity index (χ1) is 13.7. The Bertz CT molecular complexity index is 905. The lowest BCUT2D eigenvalue weighted by Gasteiger charge is -2.58. The van der Waals surface area contributed by atoms with Crippen LogP contribution in [0.4, 0.5) is 4.39 Å². The van der Waals surface area contributed by atoms with Gasteiger partial charge in [-0.2, -0.15) is 0 Å². The fourth-order valence-electron chi connectivity index (χ4n) is 4.60. The molecule has 0 aromatic heterocycles. The molecule has 3 fully saturated rings. The van der Waals surface area contributed by atoms with Crippen LogP contribution in [0.2, 0.25) is 0 Å². The number of hydrogen-bond donors (Lipinski definition) is 1. The van der Waals surface area contributed by atoms with Gasteiger partial charge in [-0.05, 0) is 81.5 Å². The van der Waals surface area contributed by atoms with Crippen LogP contribution in [0, 0.1) is 12.7 Å². The monoisotopic (exact) mass is 397 g/mol. The van der Waals surface area contributed by atoms with E-state index in [1.165, 1.54) is 17.7 Å². The van der Waals surface area contributed by atoms with Crippen molar-refractivity contribution < 1.29 is 19.0 Å². The number of benzene rings is 2. The van der Waals surface area contributed by atoms with Gasteiger partial charge in [-0.25, -0.2) is 4.39 Å². The van der Waals surface area contributed by atoms with Crippen LogP contribution in [0.25, 0.3) is 0 Å². The second-order valence-corrected chi connectivity index (χ2v) is 9.18. The fraction of sp³-hybridized carbons (Fsp3) is 0.458. The number of nitrogens with zero attached hydrogens (tertiary/aromatic N) is 1. The van der Waals surface area contributed by atoms with E-state index >= 15 is 0 Å². The molecule has 5 heteroatoms. The van der Waals surface area contributed by atoms with Crippen LogP contribution in [0.1, 0.15) is 54.6 Å². The van der Waals surface area contributed by atoms with Gasteiger partial charge in [0.1, 0.15) is 18.2 Å². The van der Waals surface area contributed by atoms with Crippen molar-refractivity contribution in [1.82, 2.24) is 4.90 Å². The summed E-state index contributed by atoms with van der Waals surface area (Å²) in [6, 6.07) is 12.5. The molecule has 0 spiro atoms. The van der Waals surface area contributed by atoms with Crippen molar-refractivity contribution in [2.24, 2.45) is 0 Å². The molecule has 2 aliphatic heterocycles. The molecule has 1 amide bonds. The first-order valence-electron chi connectivity index (χ1n) is 10.2. The van der Waals surface area contributed by atoms with Gasteiger partial charge in [0.2, 0.25) is 0 Å². The minimum absolute atomic E-state index is 0.0551. The molecule has 2 saturated heterocycles. The van der Waals surface area contributed by atoms with Crippen molar-refractivity contribution in [3.05, 3.63) is 65.0 Å². The van der Waals surface area contributed by atoms with E-state index in [2.05, 4.69) is 0 Å². The maximum atomic E-state index is 13.2. The summed E-state index contributed by atoms with van der Waals surface area (Å²) in [6.07, 6.45) is 2.79. The van der Waals surface area contributed by atoms with Crippen LogP contribution >= 0.6 is 0 Å². The first kappa shape index (κ1) is 19.9. The number of carbonyl (C=O) groups excluding carboxylic acids is 1. The number of ether oxygens (including phenoxy) is 1. The number of rotatable bonds is 5. The van der Waals surface area contributed by atoms with Gasteiger partial charge in [-0.15, -0.1) is 0 Å². The Morgan fingerprint density at radius 2 is 1.93 bits per heavy atom. The summed E-state index contributed by atoms with van der Waals surface area (Å²) in [5.74, 6) is 0.528. The molecular formula is C24H28FNO3. The number of hydrogen-bond acceptors (Lipinski definition) is 3. The van der Waals surface area contributed by atoms with Crippen molar-refractivity contribution in [2.45, 2.75) is 57.1 Å². The van der Waals surface area contributed by atoms with E-state index in [-0.39, 0.29) is 29.8 Å². The highest BCUT2D eigenvalue weighted by molar-refractivity contribution is 5.95. The van der Waals surface area contributed by atoms with Gasteiger partial charge in [-0.3, -0.25) is 4.79 Å². The molecule has 1 aliphatic carbocycles. The van der Waals surface area contributed by atoms with E-state index in [1.807, 2.05) is 36.1 Å². The number of amides is 1. The van der Waals surface area contributed by atoms with Gasteiger partial charge in [0, 0.05) is 23.6 Å². The van der Waals surface area contributed by atoms with Gasteiger partial charge < -0.3 is 14.7 Å². The topological polar surface area (TPSA) is 49.8 Å². The Hall–Kier alpha value is -2.40. The number of fused-ring (bicyclic) bond motifs is 2. The second kappa shape index (κ2) is 7.13. The van der Waals surface area contributed by atoms with Crippen LogP contribution < -0.4 is 4.74 Å². The largest absolute Gasteiger partial charge is 0.490 e. The van der Waals surface area contributed by atoms with E-state index in [0.29, 0.717) is 11.3 Å². The lowest BCUT2D eigenvalue weighted by atomic mass is 9.57. The number of piperidine rings is 2. The van der Waals surface area contributed by atoms with Gasteiger partial charge in [-0.1, -0.05) is 12.1 Å². The summed E-state index contributed by atoms with van der Waals surface area (Å²) < 4.78 is 18.9. The van der Waals surface area contributed by atoms with E-state index < -0.39 is 5.60 Å². The number of aliphatic hydroxyl groups is 1. The average Bonchev–Trinajstić information content (AvgIpc) is 2.65. The van der Waals surface area contributed by atoms with E-state index in [9.17, 15) is 14.3 Å². The van der Waals surface area contributed by atoms with Crippen molar-refractivity contribution in [3.63, 3.8) is 0 Å². The molecule has 4 nitrogen and oxygen atoms in total. The summed E-state index contributed by atoms with van der Waals surface area (Å²) in [5, 5.41) is 9.83. The van der Waals surface area contributed by atoms with E-state index in [1.54, 1.807) is 19.9 Å². The summed E-state index contributed by atoms with van der Waals surface area (Å²) in [4.78, 5) is 15.1. The molecule has 29 heavy (non-hydrogen) atoms. The van der Waals surface area contributed by atoms with Gasteiger partial charge in [0.15, 0.2) is 0 Å². The SMILES string of the molecule is Cc1cc(C(=O)N2CCC3(c4ccc(F)cc4)CC2C3)ccc1OCC(C)(C)O. The molecule has 1 saturated carbocycles. The molecule has 0 atom stereocenters. The van der Waals surface area contributed by atoms with Crippen molar-refractivity contribution in [2.75, 3.05) is 13.2 Å². The summed E-state index contributed by atoms with van der Waals surface area (Å²) in [7, 11) is 0. The summed E-state index contributed by atoms with van der Waals surface area (Å²) >= 11 is 0. The lowest BCUT2D eigenvalue weighted by Crippen LogP contribution is -2.61. The quantitative estimate of drug-likeness (QED) is 0.821. The average molecular weight is 397 g/mol. The molecule has 0 unspecified atom stereocenters. The fourth-order valence-corrected chi connectivity index (χ4v) is 4.60. The third kappa shape index (κ3) is 3.88. The molecule has 2 aromatic carbocycles. The smallest absolute Gasteiger partial charge is 0.254 e. The Morgan fingerprint density at radius 1 is 1.24 bits per heavy atom. The van der Waals surface area contributed by atoms with Crippen molar-refractivity contribution in [3.8, 4) is 5.75 Å². The summed E-state index contributed by atoms with van der Waals surface area (Å²) in [6.45, 7) is 6.22. The highest BCUT2D eigenvalue weighted by Gasteiger charge is 2.52. The maximum absolute atomic E-state index is 13.2. The highest BCUT2D eigenvalue weighted by atomic mass is 19.1. The molecule has 3 aliphatic rings. The van der Waals surface area contributed by atoms with Gasteiger partial charge >= 0.3 is 0 Å². The Kier molecular flexibility index (Phi) is 4.89. The minimum Gasteiger partial charge on any atom is -0.490 e. The van der Waals surface area contributed by atoms with E-state index in [4.69, 9.17) is 4.74 Å². The lowest BCUT2D eigenvalue weighted by molar-refractivity contribution is -0.00438. The Labute approximate surface area is 171 Å². The molecule has 1 N–H and O–H groups in total. The zero-order chi connectivity index (χ0) is 20.8. The van der Waals surface area contributed by atoms with Crippen LogP contribution in [-0.4, -0.2) is 40.7 Å². The third-order valence-electron chi connectivity index (χ3n) is 6.24. The van der Waals surface area contributed by atoms with Gasteiger partial charge in [0.25, 0.3) is 5.91 Å². The molecule has 2 aromatic rings. The molecule has 5 rings (SSSR count). The third-order valence-corrected chi connectivity index (χ3v) is 6.24. The molecule has 0 radical (unpaired) electrons. The molecule has 2 bridgehead atoms.